The zero-order valence-electron chi connectivity index (χ0n) is 22.9. The summed E-state index contributed by atoms with van der Waals surface area (Å²) in [6.07, 6.45) is -2.85. The molecule has 0 spiro atoms. The summed E-state index contributed by atoms with van der Waals surface area (Å²) in [5.74, 6) is 3.54. The summed E-state index contributed by atoms with van der Waals surface area (Å²) < 4.78 is 70.3. The van der Waals surface area contributed by atoms with E-state index in [-0.39, 0.29) is 28.5 Å². The maximum atomic E-state index is 15.3. The van der Waals surface area contributed by atoms with Crippen LogP contribution in [-0.2, 0) is 6.18 Å². The molecule has 5 rings (SSSR count). The minimum atomic E-state index is -4.81. The zero-order chi connectivity index (χ0) is 31.2. The number of carbonyl (C=O) groups is 2. The Morgan fingerprint density at radius 3 is 2.49 bits per heavy atom. The first-order chi connectivity index (χ1) is 20.3. The second kappa shape index (κ2) is 11.0. The molecule has 5 N–H and O–H groups in total. The first-order valence-electron chi connectivity index (χ1n) is 12.9. The van der Waals surface area contributed by atoms with Gasteiger partial charge in [0.1, 0.15) is 23.5 Å². The highest BCUT2D eigenvalue weighted by Crippen LogP contribution is 2.37. The third kappa shape index (κ3) is 5.60. The molecule has 1 atom stereocenters. The van der Waals surface area contributed by atoms with Crippen molar-refractivity contribution in [3.05, 3.63) is 71.7 Å². The highest BCUT2D eigenvalue weighted by atomic mass is 19.4. The van der Waals surface area contributed by atoms with Crippen LogP contribution in [0.25, 0.3) is 16.6 Å². The molecule has 3 heterocycles. The quantitative estimate of drug-likeness (QED) is 0.134. The minimum Gasteiger partial charge on any atom is -0.382 e. The summed E-state index contributed by atoms with van der Waals surface area (Å²) in [5.41, 5.74) is 5.75. The molecule has 1 unspecified atom stereocenters. The molecule has 1 saturated heterocycles. The first-order valence-corrected chi connectivity index (χ1v) is 12.9. The number of nitrogens with one attached hydrogen (secondary N) is 1. The van der Waals surface area contributed by atoms with Gasteiger partial charge in [0.25, 0.3) is 0 Å². The fourth-order valence-electron chi connectivity index (χ4n) is 5.00. The average Bonchev–Trinajstić information content (AvgIpc) is 3.59. The summed E-state index contributed by atoms with van der Waals surface area (Å²) in [7, 11) is 3.34. The summed E-state index contributed by atoms with van der Waals surface area (Å²) >= 11 is 0. The molecule has 0 bridgehead atoms. The maximum absolute atomic E-state index is 15.3. The van der Waals surface area contributed by atoms with Crippen molar-refractivity contribution >= 4 is 34.8 Å². The number of halogens is 5. The lowest BCUT2D eigenvalue weighted by Gasteiger charge is -2.21. The largest absolute Gasteiger partial charge is 0.416 e. The number of nitrogen functional groups attached to an aromatic ring is 1. The molecule has 1 fully saturated rings. The fourth-order valence-corrected chi connectivity index (χ4v) is 5.00. The number of fused-ring (bicyclic) bond motifs is 1. The lowest BCUT2D eigenvalue weighted by molar-refractivity contribution is -0.137. The molecule has 1 aliphatic heterocycles. The van der Waals surface area contributed by atoms with Gasteiger partial charge in [-0.2, -0.15) is 18.3 Å². The number of nitrogens with zero attached hydrogens (tertiary/aromatic N) is 6. The lowest BCUT2D eigenvalue weighted by atomic mass is 10.0. The number of hydrogen-bond donors (Lipinski definition) is 3. The molecule has 43 heavy (non-hydrogen) atoms. The van der Waals surface area contributed by atoms with Gasteiger partial charge in [-0.05, 0) is 48.4 Å². The molecule has 4 aromatic rings. The van der Waals surface area contributed by atoms with Crippen molar-refractivity contribution in [2.75, 3.05) is 43.2 Å². The van der Waals surface area contributed by atoms with Gasteiger partial charge in [0.15, 0.2) is 5.82 Å². The predicted molar refractivity (Wildman–Crippen MR) is 148 cm³/mol. The number of aromatic nitrogens is 3. The Morgan fingerprint density at radius 1 is 1.07 bits per heavy atom. The Morgan fingerprint density at radius 2 is 1.81 bits per heavy atom. The maximum Gasteiger partial charge on any atom is 0.416 e. The monoisotopic (exact) mass is 603 g/mol. The predicted octanol–water partition coefficient (Wildman–Crippen LogP) is 4.66. The van der Waals surface area contributed by atoms with Gasteiger partial charge in [-0.25, -0.2) is 38.7 Å². The van der Waals surface area contributed by atoms with Crippen LogP contribution in [0.1, 0.15) is 23.6 Å². The molecule has 1 aliphatic rings. The second-order valence-electron chi connectivity index (χ2n) is 10.2. The van der Waals surface area contributed by atoms with Crippen LogP contribution in [0.5, 0.6) is 0 Å². The molecule has 2 aromatic carbocycles. The number of rotatable bonds is 4. The Labute approximate surface area is 241 Å². The van der Waals surface area contributed by atoms with Crippen LogP contribution < -0.4 is 21.9 Å². The number of benzene rings is 2. The van der Waals surface area contributed by atoms with Gasteiger partial charge < -0.3 is 20.9 Å². The van der Waals surface area contributed by atoms with Crippen molar-refractivity contribution in [2.45, 2.75) is 18.5 Å². The highest BCUT2D eigenvalue weighted by molar-refractivity contribution is 6.01. The number of hydrogen-bond acceptors (Lipinski definition) is 6. The number of amides is 4. The molecule has 16 heteroatoms. The summed E-state index contributed by atoms with van der Waals surface area (Å²) in [4.78, 5) is 32.4. The van der Waals surface area contributed by atoms with Crippen LogP contribution in [0.2, 0.25) is 0 Å². The first kappa shape index (κ1) is 29.5. The van der Waals surface area contributed by atoms with Gasteiger partial charge in [-0.1, -0.05) is 6.07 Å². The van der Waals surface area contributed by atoms with Crippen LogP contribution in [0, 0.1) is 11.6 Å². The molecule has 4 amide bonds. The van der Waals surface area contributed by atoms with Gasteiger partial charge in [-0.3, -0.25) is 0 Å². The van der Waals surface area contributed by atoms with Crippen LogP contribution >= 0.6 is 0 Å². The minimum absolute atomic E-state index is 0.0883. The van der Waals surface area contributed by atoms with E-state index in [0.29, 0.717) is 54.4 Å². The molecule has 0 aliphatic carbocycles. The second-order valence-corrected chi connectivity index (χ2v) is 10.2. The number of urea groups is 2. The summed E-state index contributed by atoms with van der Waals surface area (Å²) in [6, 6.07) is 5.60. The van der Waals surface area contributed by atoms with Crippen molar-refractivity contribution in [3.63, 3.8) is 0 Å². The number of nitrogens with two attached hydrogens (primary N) is 2. The van der Waals surface area contributed by atoms with Crippen molar-refractivity contribution in [1.82, 2.24) is 24.4 Å². The zero-order valence-corrected chi connectivity index (χ0v) is 22.9. The van der Waals surface area contributed by atoms with E-state index in [1.807, 2.05) is 0 Å². The third-order valence-electron chi connectivity index (χ3n) is 7.14. The SMILES string of the molecule is CN(C)C(=O)N1CCC(c2cc(-c3ccc(NC(=O)N(N)c4cc(C(F)(F)F)ccc4F)c(F)c3)c3c(N)ncnn23)C1. The van der Waals surface area contributed by atoms with Crippen LogP contribution in [-0.4, -0.2) is 63.6 Å². The number of carbonyl (C=O) groups excluding carboxylic acids is 2. The number of alkyl halides is 3. The van der Waals surface area contributed by atoms with Crippen LogP contribution in [0.15, 0.2) is 48.8 Å². The van der Waals surface area contributed by atoms with E-state index in [1.165, 1.54) is 23.4 Å². The van der Waals surface area contributed by atoms with Gasteiger partial charge in [0.05, 0.1) is 16.9 Å². The summed E-state index contributed by atoms with van der Waals surface area (Å²) in [5, 5.41) is 6.59. The molecule has 226 valence electrons. The summed E-state index contributed by atoms with van der Waals surface area (Å²) in [6.45, 7) is 0.976. The molecular formula is C27H26F5N9O2. The Kier molecular flexibility index (Phi) is 7.56. The van der Waals surface area contributed by atoms with Crippen molar-refractivity contribution in [3.8, 4) is 11.1 Å². The molecule has 2 aromatic heterocycles. The third-order valence-corrected chi connectivity index (χ3v) is 7.14. The van der Waals surface area contributed by atoms with Gasteiger partial charge in [0.2, 0.25) is 0 Å². The van der Waals surface area contributed by atoms with Crippen molar-refractivity contribution in [2.24, 2.45) is 5.84 Å². The van der Waals surface area contributed by atoms with E-state index in [1.54, 1.807) is 29.6 Å². The molecule has 0 radical (unpaired) electrons. The molecule has 11 nitrogen and oxygen atoms in total. The molecule has 0 saturated carbocycles. The van der Waals surface area contributed by atoms with Gasteiger partial charge >= 0.3 is 18.2 Å². The molecular weight excluding hydrogens is 577 g/mol. The van der Waals surface area contributed by atoms with E-state index in [2.05, 4.69) is 15.4 Å². The van der Waals surface area contributed by atoms with Crippen molar-refractivity contribution < 1.29 is 31.5 Å². The number of likely N-dealkylation sites (tertiary alicyclic amines) is 1. The van der Waals surface area contributed by atoms with Crippen molar-refractivity contribution in [1.29, 1.82) is 0 Å². The van der Waals surface area contributed by atoms with E-state index in [9.17, 15) is 27.2 Å². The van der Waals surface area contributed by atoms with Crippen LogP contribution in [0.4, 0.5) is 48.7 Å². The van der Waals surface area contributed by atoms with E-state index in [4.69, 9.17) is 11.6 Å². The Hall–Kier alpha value is -4.99. The van der Waals surface area contributed by atoms with E-state index in [0.717, 1.165) is 11.8 Å². The lowest BCUT2D eigenvalue weighted by Crippen LogP contribution is -2.41. The van der Waals surface area contributed by atoms with E-state index < -0.39 is 35.1 Å². The van der Waals surface area contributed by atoms with E-state index >= 15 is 4.39 Å². The topological polar surface area (TPSA) is 138 Å². The standard InChI is InChI=1S/C27H26F5N9O2/c1-38(2)26(43)39-8-7-15(12-39)21-11-17(23-24(33)35-13-36-41(21)23)14-3-6-20(19(29)9-14)37-25(42)40(34)22-10-16(27(30,31)32)4-5-18(22)28/h3-6,9-11,13,15H,7-8,12,34H2,1-2H3,(H,37,42)(H2,33,35,36). The fraction of sp³-hybridized carbons (Fsp3) is 0.259. The Bertz CT molecular complexity index is 1720. The number of hydrazine groups is 1. The number of anilines is 3. The van der Waals surface area contributed by atoms with Gasteiger partial charge in [-0.15, -0.1) is 0 Å². The highest BCUT2D eigenvalue weighted by Gasteiger charge is 2.33. The average molecular weight is 604 g/mol. The van der Waals surface area contributed by atoms with Crippen LogP contribution in [0.3, 0.4) is 0 Å². The Balaban J connectivity index is 1.42. The normalized spacial score (nSPS) is 15.2. The smallest absolute Gasteiger partial charge is 0.382 e. The van der Waals surface area contributed by atoms with Gasteiger partial charge in [0, 0.05) is 44.4 Å².